The first kappa shape index (κ1) is 16.5. The highest BCUT2D eigenvalue weighted by atomic mass is 79.9. The molecule has 0 aliphatic carbocycles. The molecule has 3 aromatic carbocycles. The fourth-order valence-corrected chi connectivity index (χ4v) is 2.98. The van der Waals surface area contributed by atoms with Gasteiger partial charge in [-0.1, -0.05) is 40.2 Å². The summed E-state index contributed by atoms with van der Waals surface area (Å²) in [5.41, 5.74) is 2.81. The van der Waals surface area contributed by atoms with Gasteiger partial charge >= 0.3 is 0 Å². The van der Waals surface area contributed by atoms with Crippen molar-refractivity contribution in [1.29, 1.82) is 0 Å². The van der Waals surface area contributed by atoms with Crippen molar-refractivity contribution in [3.63, 3.8) is 0 Å². The van der Waals surface area contributed by atoms with Crippen LogP contribution in [0.4, 0.5) is 11.5 Å². The van der Waals surface area contributed by atoms with Crippen molar-refractivity contribution in [3.8, 4) is 17.1 Å². The Morgan fingerprint density at radius 2 is 1.58 bits per heavy atom. The van der Waals surface area contributed by atoms with Crippen LogP contribution in [0, 0.1) is 0 Å². The van der Waals surface area contributed by atoms with Crippen LogP contribution in [0.5, 0.6) is 5.75 Å². The molecule has 1 N–H and O–H groups in total. The van der Waals surface area contributed by atoms with Crippen molar-refractivity contribution in [3.05, 3.63) is 77.3 Å². The molecule has 0 saturated carbocycles. The number of rotatable bonds is 4. The number of ether oxygens (including phenoxy) is 1. The summed E-state index contributed by atoms with van der Waals surface area (Å²) in [6.45, 7) is 0. The molecular weight excluding hydrogens is 390 g/mol. The van der Waals surface area contributed by atoms with Crippen LogP contribution in [-0.2, 0) is 0 Å². The normalized spacial score (nSPS) is 10.7. The number of hydrogen-bond donors (Lipinski definition) is 1. The van der Waals surface area contributed by atoms with Crippen LogP contribution in [0.2, 0.25) is 0 Å². The SMILES string of the molecule is COc1ccc(Nc2nc(-c3ccc(Br)cc3)nc3ccccc23)cc1. The number of hydrogen-bond acceptors (Lipinski definition) is 4. The summed E-state index contributed by atoms with van der Waals surface area (Å²) >= 11 is 3.46. The average Bonchev–Trinajstić information content (AvgIpc) is 2.69. The van der Waals surface area contributed by atoms with E-state index in [1.165, 1.54) is 0 Å². The molecule has 128 valence electrons. The molecule has 0 saturated heterocycles. The topological polar surface area (TPSA) is 47.0 Å². The maximum Gasteiger partial charge on any atom is 0.162 e. The first-order chi connectivity index (χ1) is 12.7. The monoisotopic (exact) mass is 405 g/mol. The molecule has 0 aliphatic rings. The summed E-state index contributed by atoms with van der Waals surface area (Å²) in [5, 5.41) is 4.38. The smallest absolute Gasteiger partial charge is 0.162 e. The average molecular weight is 406 g/mol. The van der Waals surface area contributed by atoms with Gasteiger partial charge in [0.1, 0.15) is 11.6 Å². The molecule has 0 aliphatic heterocycles. The molecule has 1 aromatic heterocycles. The summed E-state index contributed by atoms with van der Waals surface area (Å²) < 4.78 is 6.25. The van der Waals surface area contributed by atoms with Crippen molar-refractivity contribution in [2.24, 2.45) is 0 Å². The van der Waals surface area contributed by atoms with E-state index in [0.29, 0.717) is 5.82 Å². The largest absolute Gasteiger partial charge is 0.497 e. The third-order valence-corrected chi connectivity index (χ3v) is 4.59. The van der Waals surface area contributed by atoms with Gasteiger partial charge in [0.25, 0.3) is 0 Å². The number of nitrogens with zero attached hydrogens (tertiary/aromatic N) is 2. The Labute approximate surface area is 160 Å². The van der Waals surface area contributed by atoms with Crippen molar-refractivity contribution in [2.45, 2.75) is 0 Å². The first-order valence-electron chi connectivity index (χ1n) is 8.17. The van der Waals surface area contributed by atoms with Gasteiger partial charge in [0.2, 0.25) is 0 Å². The van der Waals surface area contributed by atoms with Crippen molar-refractivity contribution in [1.82, 2.24) is 9.97 Å². The highest BCUT2D eigenvalue weighted by Gasteiger charge is 2.10. The van der Waals surface area contributed by atoms with E-state index in [4.69, 9.17) is 14.7 Å². The lowest BCUT2D eigenvalue weighted by atomic mass is 10.2. The molecule has 26 heavy (non-hydrogen) atoms. The summed E-state index contributed by atoms with van der Waals surface area (Å²) in [6, 6.07) is 23.8. The fraction of sp³-hybridized carbons (Fsp3) is 0.0476. The number of nitrogens with one attached hydrogen (secondary N) is 1. The molecule has 1 heterocycles. The quantitative estimate of drug-likeness (QED) is 0.465. The Morgan fingerprint density at radius 1 is 0.846 bits per heavy atom. The van der Waals surface area contributed by atoms with E-state index in [2.05, 4.69) is 21.2 Å². The maximum atomic E-state index is 5.22. The number of aromatic nitrogens is 2. The number of benzene rings is 3. The Balaban J connectivity index is 1.79. The van der Waals surface area contributed by atoms with E-state index < -0.39 is 0 Å². The fourth-order valence-electron chi connectivity index (χ4n) is 2.71. The van der Waals surface area contributed by atoms with Gasteiger partial charge in [-0.25, -0.2) is 9.97 Å². The Kier molecular flexibility index (Phi) is 4.54. The van der Waals surface area contributed by atoms with Gasteiger partial charge in [-0.05, 0) is 48.5 Å². The number of fused-ring (bicyclic) bond motifs is 1. The molecule has 0 atom stereocenters. The van der Waals surface area contributed by atoms with Gasteiger partial charge < -0.3 is 10.1 Å². The second-order valence-electron chi connectivity index (χ2n) is 5.77. The van der Waals surface area contributed by atoms with E-state index in [-0.39, 0.29) is 0 Å². The van der Waals surface area contributed by atoms with Crippen LogP contribution in [0.15, 0.2) is 77.3 Å². The minimum atomic E-state index is 0.687. The maximum absolute atomic E-state index is 5.22. The molecule has 0 radical (unpaired) electrons. The summed E-state index contributed by atoms with van der Waals surface area (Å²) in [7, 11) is 1.66. The molecule has 0 unspecified atom stereocenters. The van der Waals surface area contributed by atoms with Crippen LogP contribution in [0.1, 0.15) is 0 Å². The molecular formula is C21H16BrN3O. The molecule has 0 fully saturated rings. The van der Waals surface area contributed by atoms with Gasteiger partial charge in [0.15, 0.2) is 5.82 Å². The summed E-state index contributed by atoms with van der Waals surface area (Å²) in [6.07, 6.45) is 0. The van der Waals surface area contributed by atoms with E-state index in [0.717, 1.165) is 38.2 Å². The lowest BCUT2D eigenvalue weighted by molar-refractivity contribution is 0.415. The number of methoxy groups -OCH3 is 1. The Hall–Kier alpha value is -2.92. The predicted molar refractivity (Wildman–Crippen MR) is 109 cm³/mol. The highest BCUT2D eigenvalue weighted by Crippen LogP contribution is 2.28. The third kappa shape index (κ3) is 3.39. The van der Waals surface area contributed by atoms with Gasteiger partial charge in [-0.15, -0.1) is 0 Å². The van der Waals surface area contributed by atoms with Gasteiger partial charge in [-0.3, -0.25) is 0 Å². The summed E-state index contributed by atoms with van der Waals surface area (Å²) in [4.78, 5) is 9.49. The molecule has 0 bridgehead atoms. The van der Waals surface area contributed by atoms with Gasteiger partial charge in [0, 0.05) is 21.1 Å². The van der Waals surface area contributed by atoms with E-state index in [9.17, 15) is 0 Å². The van der Waals surface area contributed by atoms with Crippen LogP contribution < -0.4 is 10.1 Å². The molecule has 0 spiro atoms. The molecule has 0 amide bonds. The zero-order chi connectivity index (χ0) is 17.9. The van der Waals surface area contributed by atoms with Crippen LogP contribution in [0.3, 0.4) is 0 Å². The molecule has 4 nitrogen and oxygen atoms in total. The highest BCUT2D eigenvalue weighted by molar-refractivity contribution is 9.10. The standard InChI is InChI=1S/C21H16BrN3O/c1-26-17-12-10-16(11-13-17)23-21-18-4-2-3-5-19(18)24-20(25-21)14-6-8-15(22)9-7-14/h2-13H,1H3,(H,23,24,25). The lowest BCUT2D eigenvalue weighted by Gasteiger charge is -2.11. The second-order valence-corrected chi connectivity index (χ2v) is 6.69. The number of anilines is 2. The number of para-hydroxylation sites is 1. The molecule has 4 aromatic rings. The van der Waals surface area contributed by atoms with Crippen LogP contribution in [-0.4, -0.2) is 17.1 Å². The zero-order valence-corrected chi connectivity index (χ0v) is 15.7. The number of halogens is 1. The Bertz CT molecular complexity index is 1050. The predicted octanol–water partition coefficient (Wildman–Crippen LogP) is 5.81. The minimum absolute atomic E-state index is 0.687. The second kappa shape index (κ2) is 7.14. The third-order valence-electron chi connectivity index (χ3n) is 4.06. The van der Waals surface area contributed by atoms with Gasteiger partial charge in [0.05, 0.1) is 12.6 Å². The molecule has 4 rings (SSSR count). The van der Waals surface area contributed by atoms with Gasteiger partial charge in [-0.2, -0.15) is 0 Å². The van der Waals surface area contributed by atoms with Crippen molar-refractivity contribution >= 4 is 38.3 Å². The van der Waals surface area contributed by atoms with Crippen molar-refractivity contribution < 1.29 is 4.74 Å². The van der Waals surface area contributed by atoms with Crippen LogP contribution in [0.25, 0.3) is 22.3 Å². The van der Waals surface area contributed by atoms with E-state index in [1.807, 2.05) is 72.8 Å². The zero-order valence-electron chi connectivity index (χ0n) is 14.1. The first-order valence-corrected chi connectivity index (χ1v) is 8.96. The van der Waals surface area contributed by atoms with Crippen LogP contribution >= 0.6 is 15.9 Å². The van der Waals surface area contributed by atoms with E-state index in [1.54, 1.807) is 7.11 Å². The minimum Gasteiger partial charge on any atom is -0.497 e. The summed E-state index contributed by atoms with van der Waals surface area (Å²) in [5.74, 6) is 2.28. The Morgan fingerprint density at radius 3 is 2.31 bits per heavy atom. The lowest BCUT2D eigenvalue weighted by Crippen LogP contribution is -1.99. The van der Waals surface area contributed by atoms with Crippen molar-refractivity contribution in [2.75, 3.05) is 12.4 Å². The molecule has 5 heteroatoms. The van der Waals surface area contributed by atoms with E-state index >= 15 is 0 Å².